The standard InChI is InChI=1S/C7H16O3/c1-4-5(2)6(3)7(8,9)10/h5-6,8-10H,4H2,1-3H3. The van der Waals surface area contributed by atoms with E-state index in [9.17, 15) is 0 Å². The maximum atomic E-state index is 8.70. The van der Waals surface area contributed by atoms with Crippen LogP contribution in [0.3, 0.4) is 0 Å². The van der Waals surface area contributed by atoms with Crippen LogP contribution in [0.1, 0.15) is 27.2 Å². The summed E-state index contributed by atoms with van der Waals surface area (Å²) in [6.45, 7) is 5.41. The first-order valence-electron chi connectivity index (χ1n) is 3.56. The zero-order chi connectivity index (χ0) is 8.36. The highest BCUT2D eigenvalue weighted by atomic mass is 16.7. The highest BCUT2D eigenvalue weighted by Crippen LogP contribution is 2.22. The van der Waals surface area contributed by atoms with Crippen LogP contribution in [0.25, 0.3) is 0 Å². The molecule has 0 bridgehead atoms. The van der Waals surface area contributed by atoms with E-state index >= 15 is 0 Å². The number of rotatable bonds is 3. The van der Waals surface area contributed by atoms with Crippen LogP contribution < -0.4 is 0 Å². The van der Waals surface area contributed by atoms with E-state index < -0.39 is 11.9 Å². The molecule has 0 saturated carbocycles. The second-order valence-electron chi connectivity index (χ2n) is 2.86. The quantitative estimate of drug-likeness (QED) is 0.504. The van der Waals surface area contributed by atoms with E-state index in [-0.39, 0.29) is 5.92 Å². The molecule has 62 valence electrons. The van der Waals surface area contributed by atoms with Gasteiger partial charge in [0.15, 0.2) is 0 Å². The molecule has 2 unspecified atom stereocenters. The lowest BCUT2D eigenvalue weighted by Crippen LogP contribution is -2.38. The van der Waals surface area contributed by atoms with E-state index in [2.05, 4.69) is 0 Å². The zero-order valence-electron chi connectivity index (χ0n) is 6.70. The fourth-order valence-corrected chi connectivity index (χ4v) is 0.735. The first-order chi connectivity index (χ1) is 4.39. The van der Waals surface area contributed by atoms with Gasteiger partial charge in [-0.2, -0.15) is 0 Å². The molecule has 0 amide bonds. The second-order valence-corrected chi connectivity index (χ2v) is 2.86. The van der Waals surface area contributed by atoms with Crippen molar-refractivity contribution >= 4 is 0 Å². The minimum absolute atomic E-state index is 0.111. The summed E-state index contributed by atoms with van der Waals surface area (Å²) in [7, 11) is 0. The van der Waals surface area contributed by atoms with Gasteiger partial charge >= 0.3 is 0 Å². The van der Waals surface area contributed by atoms with Gasteiger partial charge in [0.2, 0.25) is 0 Å². The molecule has 0 aromatic heterocycles. The lowest BCUT2D eigenvalue weighted by Gasteiger charge is -2.26. The third kappa shape index (κ3) is 2.64. The molecular weight excluding hydrogens is 132 g/mol. The highest BCUT2D eigenvalue weighted by molar-refractivity contribution is 4.65. The third-order valence-electron chi connectivity index (χ3n) is 2.11. The van der Waals surface area contributed by atoms with E-state index in [4.69, 9.17) is 15.3 Å². The second kappa shape index (κ2) is 3.32. The first kappa shape index (κ1) is 9.88. The van der Waals surface area contributed by atoms with Gasteiger partial charge in [0.25, 0.3) is 5.97 Å². The molecule has 0 aliphatic heterocycles. The van der Waals surface area contributed by atoms with E-state index in [0.717, 1.165) is 6.42 Å². The van der Waals surface area contributed by atoms with Crippen molar-refractivity contribution in [2.45, 2.75) is 33.2 Å². The molecule has 0 aromatic carbocycles. The molecule has 0 spiro atoms. The van der Waals surface area contributed by atoms with Crippen LogP contribution in [0.4, 0.5) is 0 Å². The van der Waals surface area contributed by atoms with Crippen LogP contribution in [0.5, 0.6) is 0 Å². The van der Waals surface area contributed by atoms with Gasteiger partial charge in [0, 0.05) is 5.92 Å². The Hall–Kier alpha value is -0.120. The Balaban J connectivity index is 3.94. The van der Waals surface area contributed by atoms with E-state index in [1.54, 1.807) is 6.92 Å². The molecule has 3 heteroatoms. The van der Waals surface area contributed by atoms with Crippen molar-refractivity contribution in [3.63, 3.8) is 0 Å². The van der Waals surface area contributed by atoms with Crippen LogP contribution in [-0.2, 0) is 0 Å². The van der Waals surface area contributed by atoms with Crippen LogP contribution in [0.2, 0.25) is 0 Å². The zero-order valence-corrected chi connectivity index (χ0v) is 6.70. The number of hydrogen-bond donors (Lipinski definition) is 3. The molecule has 3 nitrogen and oxygen atoms in total. The molecule has 0 heterocycles. The summed E-state index contributed by atoms with van der Waals surface area (Å²) in [6, 6.07) is 0. The molecule has 0 aliphatic rings. The molecule has 10 heavy (non-hydrogen) atoms. The van der Waals surface area contributed by atoms with Crippen molar-refractivity contribution in [3.8, 4) is 0 Å². The van der Waals surface area contributed by atoms with Gasteiger partial charge in [-0.25, -0.2) is 0 Å². The summed E-state index contributed by atoms with van der Waals surface area (Å²) in [5.74, 6) is -2.91. The number of aliphatic hydroxyl groups is 3. The lowest BCUT2D eigenvalue weighted by atomic mass is 9.92. The minimum Gasteiger partial charge on any atom is -0.343 e. The molecule has 0 aromatic rings. The van der Waals surface area contributed by atoms with E-state index in [1.165, 1.54) is 0 Å². The summed E-state index contributed by atoms with van der Waals surface area (Å²) in [5.41, 5.74) is 0. The average molecular weight is 148 g/mol. The van der Waals surface area contributed by atoms with Gasteiger partial charge in [0.05, 0.1) is 0 Å². The molecule has 0 aliphatic carbocycles. The van der Waals surface area contributed by atoms with Crippen LogP contribution in [-0.4, -0.2) is 21.3 Å². The molecule has 0 saturated heterocycles. The van der Waals surface area contributed by atoms with Crippen molar-refractivity contribution in [3.05, 3.63) is 0 Å². The smallest absolute Gasteiger partial charge is 0.278 e. The molecule has 0 radical (unpaired) electrons. The minimum atomic E-state index is -2.52. The summed E-state index contributed by atoms with van der Waals surface area (Å²) in [5, 5.41) is 26.1. The van der Waals surface area contributed by atoms with Crippen molar-refractivity contribution in [1.82, 2.24) is 0 Å². The van der Waals surface area contributed by atoms with E-state index in [0.29, 0.717) is 0 Å². The molecule has 2 atom stereocenters. The maximum Gasteiger partial charge on any atom is 0.278 e. The predicted octanol–water partition coefficient (Wildman–Crippen LogP) is 0.299. The predicted molar refractivity (Wildman–Crippen MR) is 38.0 cm³/mol. The largest absolute Gasteiger partial charge is 0.343 e. The summed E-state index contributed by atoms with van der Waals surface area (Å²) in [6.07, 6.45) is 0.824. The average Bonchev–Trinajstić information content (AvgIpc) is 1.83. The Kier molecular flexibility index (Phi) is 3.28. The SMILES string of the molecule is CCC(C)C(C)C(O)(O)O. The Morgan fingerprint density at radius 2 is 1.60 bits per heavy atom. The normalized spacial score (nSPS) is 18.6. The highest BCUT2D eigenvalue weighted by Gasteiger charge is 2.31. The van der Waals surface area contributed by atoms with Gasteiger partial charge < -0.3 is 15.3 Å². The van der Waals surface area contributed by atoms with Gasteiger partial charge in [-0.15, -0.1) is 0 Å². The van der Waals surface area contributed by atoms with Gasteiger partial charge in [-0.05, 0) is 5.92 Å². The monoisotopic (exact) mass is 148 g/mol. The fourth-order valence-electron chi connectivity index (χ4n) is 0.735. The van der Waals surface area contributed by atoms with Gasteiger partial charge in [-0.1, -0.05) is 27.2 Å². The fraction of sp³-hybridized carbons (Fsp3) is 1.00. The Bertz CT molecular complexity index is 95.5. The maximum absolute atomic E-state index is 8.70. The molecule has 0 rings (SSSR count). The summed E-state index contributed by atoms with van der Waals surface area (Å²) >= 11 is 0. The topological polar surface area (TPSA) is 60.7 Å². The molecular formula is C7H16O3. The van der Waals surface area contributed by atoms with Crippen molar-refractivity contribution in [1.29, 1.82) is 0 Å². The van der Waals surface area contributed by atoms with Crippen molar-refractivity contribution < 1.29 is 15.3 Å². The van der Waals surface area contributed by atoms with E-state index in [1.807, 2.05) is 13.8 Å². The Morgan fingerprint density at radius 3 is 1.70 bits per heavy atom. The lowest BCUT2D eigenvalue weighted by molar-refractivity contribution is -0.345. The van der Waals surface area contributed by atoms with Crippen LogP contribution in [0, 0.1) is 11.8 Å². The third-order valence-corrected chi connectivity index (χ3v) is 2.11. The molecule has 0 fully saturated rings. The number of hydrogen-bond acceptors (Lipinski definition) is 3. The Labute approximate surface area is 61.3 Å². The van der Waals surface area contributed by atoms with Gasteiger partial charge in [-0.3, -0.25) is 0 Å². The summed E-state index contributed by atoms with van der Waals surface area (Å²) in [4.78, 5) is 0. The van der Waals surface area contributed by atoms with Gasteiger partial charge in [0.1, 0.15) is 0 Å². The van der Waals surface area contributed by atoms with Crippen LogP contribution in [0.15, 0.2) is 0 Å². The van der Waals surface area contributed by atoms with Crippen molar-refractivity contribution in [2.75, 3.05) is 0 Å². The molecule has 3 N–H and O–H groups in total. The summed E-state index contributed by atoms with van der Waals surface area (Å²) < 4.78 is 0. The van der Waals surface area contributed by atoms with Crippen LogP contribution >= 0.6 is 0 Å². The Morgan fingerprint density at radius 1 is 1.20 bits per heavy atom. The first-order valence-corrected chi connectivity index (χ1v) is 3.56. The van der Waals surface area contributed by atoms with Crippen molar-refractivity contribution in [2.24, 2.45) is 11.8 Å².